The van der Waals surface area contributed by atoms with Crippen molar-refractivity contribution in [2.75, 3.05) is 7.11 Å². The minimum atomic E-state index is -0.950. The predicted octanol–water partition coefficient (Wildman–Crippen LogP) is 5.49. The molecule has 3 aromatic rings. The standard InChI is InChI=1S/C22H18BrNO4/c1-27-21-11-16(13-24-19-4-2-3-18(23)12-19)7-10-20(21)28-14-15-5-8-17(9-6-15)22(25)26/h2-13H,14H2,1H3,(H,25,26). The molecule has 0 aliphatic carbocycles. The molecule has 1 N–H and O–H groups in total. The number of aliphatic imine (C=N–C) groups is 1. The first-order valence-electron chi connectivity index (χ1n) is 8.48. The van der Waals surface area contributed by atoms with Crippen molar-refractivity contribution in [1.29, 1.82) is 0 Å². The van der Waals surface area contributed by atoms with Crippen LogP contribution < -0.4 is 9.47 Å². The Balaban J connectivity index is 1.69. The smallest absolute Gasteiger partial charge is 0.335 e. The van der Waals surface area contributed by atoms with Crippen LogP contribution in [0.15, 0.2) is 76.2 Å². The lowest BCUT2D eigenvalue weighted by atomic mass is 10.1. The summed E-state index contributed by atoms with van der Waals surface area (Å²) < 4.78 is 12.2. The van der Waals surface area contributed by atoms with Crippen molar-refractivity contribution >= 4 is 33.8 Å². The zero-order valence-corrected chi connectivity index (χ0v) is 16.7. The highest BCUT2D eigenvalue weighted by Gasteiger charge is 2.07. The van der Waals surface area contributed by atoms with Crippen LogP contribution in [0.1, 0.15) is 21.5 Å². The number of carbonyl (C=O) groups is 1. The van der Waals surface area contributed by atoms with Gasteiger partial charge in [0.05, 0.1) is 18.4 Å². The number of ether oxygens (including phenoxy) is 2. The summed E-state index contributed by atoms with van der Waals surface area (Å²) in [5, 5.41) is 8.95. The maximum atomic E-state index is 10.9. The fraction of sp³-hybridized carbons (Fsp3) is 0.0909. The molecule has 0 saturated carbocycles. The van der Waals surface area contributed by atoms with Gasteiger partial charge in [0.15, 0.2) is 11.5 Å². The van der Waals surface area contributed by atoms with Crippen LogP contribution in [0.2, 0.25) is 0 Å². The van der Waals surface area contributed by atoms with E-state index < -0.39 is 5.97 Å². The first-order valence-corrected chi connectivity index (χ1v) is 9.27. The van der Waals surface area contributed by atoms with Crippen molar-refractivity contribution in [2.45, 2.75) is 6.61 Å². The number of nitrogens with zero attached hydrogens (tertiary/aromatic N) is 1. The fourth-order valence-electron chi connectivity index (χ4n) is 2.49. The number of methoxy groups -OCH3 is 1. The van der Waals surface area contributed by atoms with Crippen LogP contribution in [-0.4, -0.2) is 24.4 Å². The molecule has 0 bridgehead atoms. The van der Waals surface area contributed by atoms with E-state index in [9.17, 15) is 4.79 Å². The lowest BCUT2D eigenvalue weighted by Gasteiger charge is -2.11. The molecule has 0 atom stereocenters. The second-order valence-corrected chi connectivity index (χ2v) is 6.85. The van der Waals surface area contributed by atoms with E-state index in [4.69, 9.17) is 14.6 Å². The Hall–Kier alpha value is -3.12. The van der Waals surface area contributed by atoms with Gasteiger partial charge in [0, 0.05) is 10.7 Å². The van der Waals surface area contributed by atoms with Crippen molar-refractivity contribution in [3.05, 3.63) is 87.9 Å². The number of hydrogen-bond donors (Lipinski definition) is 1. The molecular weight excluding hydrogens is 422 g/mol. The van der Waals surface area contributed by atoms with Crippen molar-refractivity contribution in [3.8, 4) is 11.5 Å². The highest BCUT2D eigenvalue weighted by molar-refractivity contribution is 9.10. The summed E-state index contributed by atoms with van der Waals surface area (Å²) in [5.41, 5.74) is 2.84. The third-order valence-electron chi connectivity index (χ3n) is 3.95. The molecule has 28 heavy (non-hydrogen) atoms. The van der Waals surface area contributed by atoms with Crippen LogP contribution in [0.5, 0.6) is 11.5 Å². The largest absolute Gasteiger partial charge is 0.493 e. The van der Waals surface area contributed by atoms with E-state index in [0.29, 0.717) is 18.1 Å². The molecule has 0 unspecified atom stereocenters. The quantitative estimate of drug-likeness (QED) is 0.494. The average Bonchev–Trinajstić information content (AvgIpc) is 2.71. The van der Waals surface area contributed by atoms with Crippen LogP contribution in [0.3, 0.4) is 0 Å². The van der Waals surface area contributed by atoms with Crippen LogP contribution in [0, 0.1) is 0 Å². The van der Waals surface area contributed by atoms with Gasteiger partial charge in [0.2, 0.25) is 0 Å². The summed E-state index contributed by atoms with van der Waals surface area (Å²) in [4.78, 5) is 15.4. The lowest BCUT2D eigenvalue weighted by Crippen LogP contribution is -2.00. The van der Waals surface area contributed by atoms with Crippen molar-refractivity contribution in [2.24, 2.45) is 4.99 Å². The van der Waals surface area contributed by atoms with Gasteiger partial charge >= 0.3 is 5.97 Å². The zero-order valence-electron chi connectivity index (χ0n) is 15.1. The second kappa shape index (κ2) is 9.19. The molecule has 0 aliphatic heterocycles. The first-order chi connectivity index (χ1) is 13.5. The molecule has 0 radical (unpaired) electrons. The Morgan fingerprint density at radius 2 is 1.86 bits per heavy atom. The van der Waals surface area contributed by atoms with Gasteiger partial charge in [-0.2, -0.15) is 0 Å². The maximum absolute atomic E-state index is 10.9. The number of aromatic carboxylic acids is 1. The number of carboxylic acid groups (broad SMARTS) is 1. The normalized spacial score (nSPS) is 10.8. The predicted molar refractivity (Wildman–Crippen MR) is 112 cm³/mol. The summed E-state index contributed by atoms with van der Waals surface area (Å²) in [6, 6.07) is 19.9. The van der Waals surface area contributed by atoms with Crippen molar-refractivity contribution in [3.63, 3.8) is 0 Å². The summed E-state index contributed by atoms with van der Waals surface area (Å²) in [5.74, 6) is 0.249. The highest BCUT2D eigenvalue weighted by Crippen LogP contribution is 2.29. The number of halogens is 1. The summed E-state index contributed by atoms with van der Waals surface area (Å²) in [7, 11) is 1.58. The fourth-order valence-corrected chi connectivity index (χ4v) is 2.88. The molecule has 0 fully saturated rings. The summed E-state index contributed by atoms with van der Waals surface area (Å²) in [6.07, 6.45) is 1.76. The minimum absolute atomic E-state index is 0.246. The average molecular weight is 440 g/mol. The minimum Gasteiger partial charge on any atom is -0.493 e. The first kappa shape index (κ1) is 19.6. The van der Waals surface area contributed by atoms with E-state index in [1.165, 1.54) is 0 Å². The third-order valence-corrected chi connectivity index (χ3v) is 4.45. The van der Waals surface area contributed by atoms with Gasteiger partial charge in [0.25, 0.3) is 0 Å². The highest BCUT2D eigenvalue weighted by atomic mass is 79.9. The third kappa shape index (κ3) is 5.20. The van der Waals surface area contributed by atoms with Crippen LogP contribution in [-0.2, 0) is 6.61 Å². The lowest BCUT2D eigenvalue weighted by molar-refractivity contribution is 0.0697. The molecule has 6 heteroatoms. The van der Waals surface area contributed by atoms with E-state index in [-0.39, 0.29) is 5.56 Å². The van der Waals surface area contributed by atoms with Gasteiger partial charge in [-0.3, -0.25) is 4.99 Å². The number of benzene rings is 3. The van der Waals surface area contributed by atoms with Gasteiger partial charge in [-0.15, -0.1) is 0 Å². The van der Waals surface area contributed by atoms with E-state index in [2.05, 4.69) is 20.9 Å². The summed E-state index contributed by atoms with van der Waals surface area (Å²) in [6.45, 7) is 0.307. The van der Waals surface area contributed by atoms with Crippen molar-refractivity contribution in [1.82, 2.24) is 0 Å². The molecule has 0 aromatic heterocycles. The van der Waals surface area contributed by atoms with E-state index >= 15 is 0 Å². The van der Waals surface area contributed by atoms with Crippen molar-refractivity contribution < 1.29 is 19.4 Å². The van der Waals surface area contributed by atoms with E-state index in [0.717, 1.165) is 21.3 Å². The molecule has 3 rings (SSSR count). The molecule has 3 aromatic carbocycles. The van der Waals surface area contributed by atoms with Crippen LogP contribution in [0.4, 0.5) is 5.69 Å². The zero-order chi connectivity index (χ0) is 19.9. The van der Waals surface area contributed by atoms with Gasteiger partial charge in [-0.1, -0.05) is 34.1 Å². The van der Waals surface area contributed by atoms with Gasteiger partial charge in [-0.05, 0) is 59.7 Å². The van der Waals surface area contributed by atoms with Gasteiger partial charge in [0.1, 0.15) is 6.61 Å². The molecule has 0 aliphatic rings. The second-order valence-electron chi connectivity index (χ2n) is 5.94. The van der Waals surface area contributed by atoms with Crippen LogP contribution in [0.25, 0.3) is 0 Å². The molecule has 0 saturated heterocycles. The van der Waals surface area contributed by atoms with E-state index in [1.54, 1.807) is 37.6 Å². The number of hydrogen-bond acceptors (Lipinski definition) is 4. The molecule has 142 valence electrons. The molecular formula is C22H18BrNO4. The topological polar surface area (TPSA) is 68.1 Å². The Bertz CT molecular complexity index is 1000. The number of rotatable bonds is 7. The van der Waals surface area contributed by atoms with Gasteiger partial charge in [-0.25, -0.2) is 4.79 Å². The Labute approximate surface area is 171 Å². The molecule has 0 spiro atoms. The number of carboxylic acids is 1. The molecule has 5 nitrogen and oxygen atoms in total. The Kier molecular flexibility index (Phi) is 6.45. The Morgan fingerprint density at radius 1 is 1.07 bits per heavy atom. The monoisotopic (exact) mass is 439 g/mol. The SMILES string of the molecule is COc1cc(C=Nc2cccc(Br)c2)ccc1OCc1ccc(C(=O)O)cc1. The van der Waals surface area contributed by atoms with Crippen LogP contribution >= 0.6 is 15.9 Å². The Morgan fingerprint density at radius 3 is 2.54 bits per heavy atom. The maximum Gasteiger partial charge on any atom is 0.335 e. The summed E-state index contributed by atoms with van der Waals surface area (Å²) >= 11 is 3.43. The molecule has 0 heterocycles. The molecule has 0 amide bonds. The van der Waals surface area contributed by atoms with Gasteiger partial charge < -0.3 is 14.6 Å². The van der Waals surface area contributed by atoms with E-state index in [1.807, 2.05) is 42.5 Å².